The van der Waals surface area contributed by atoms with Crippen molar-refractivity contribution < 1.29 is 0 Å². The lowest BCUT2D eigenvalue weighted by atomic mass is 9.97. The van der Waals surface area contributed by atoms with Crippen LogP contribution in [0.4, 0.5) is 5.69 Å². The Hall–Kier alpha value is -1.51. The van der Waals surface area contributed by atoms with Gasteiger partial charge in [-0.15, -0.1) is 0 Å². The number of hydrogen-bond acceptors (Lipinski definition) is 2. The van der Waals surface area contributed by atoms with Crippen LogP contribution in [0.25, 0.3) is 0 Å². The van der Waals surface area contributed by atoms with Gasteiger partial charge >= 0.3 is 0 Å². The third kappa shape index (κ3) is 2.78. The van der Waals surface area contributed by atoms with Crippen LogP contribution in [0.1, 0.15) is 24.1 Å². The third-order valence-electron chi connectivity index (χ3n) is 3.99. The van der Waals surface area contributed by atoms with Crippen molar-refractivity contribution in [3.05, 3.63) is 63.6 Å². The number of benzene rings is 2. The molecule has 2 nitrogen and oxygen atoms in total. The molecule has 108 valence electrons. The van der Waals surface area contributed by atoms with E-state index in [0.29, 0.717) is 10.0 Å². The number of nitrogens with zero attached hydrogens (tertiary/aromatic N) is 2. The van der Waals surface area contributed by atoms with E-state index in [1.165, 1.54) is 5.56 Å². The fourth-order valence-corrected chi connectivity index (χ4v) is 2.98. The van der Waals surface area contributed by atoms with Gasteiger partial charge in [0.25, 0.3) is 0 Å². The molecule has 2 aromatic carbocycles. The Kier molecular flexibility index (Phi) is 3.92. The molecule has 0 aromatic heterocycles. The van der Waals surface area contributed by atoms with Gasteiger partial charge in [-0.05, 0) is 42.7 Å². The lowest BCUT2D eigenvalue weighted by Gasteiger charge is -2.28. The number of rotatable bonds is 1. The summed E-state index contributed by atoms with van der Waals surface area (Å²) >= 11 is 12.2. The Morgan fingerprint density at radius 1 is 1.10 bits per heavy atom. The van der Waals surface area contributed by atoms with Gasteiger partial charge in [0, 0.05) is 7.05 Å². The summed E-state index contributed by atoms with van der Waals surface area (Å²) in [5, 5.41) is 1.18. The molecular weight excluding hydrogens is 303 g/mol. The molecule has 1 aliphatic rings. The Labute approximate surface area is 135 Å². The predicted molar refractivity (Wildman–Crippen MR) is 89.9 cm³/mol. The number of hydrogen-bond donors (Lipinski definition) is 0. The average molecular weight is 319 g/mol. The largest absolute Gasteiger partial charge is 0.356 e. The maximum Gasteiger partial charge on any atom is 0.102 e. The summed E-state index contributed by atoms with van der Waals surface area (Å²) in [6.07, 6.45) is 0.894. The van der Waals surface area contributed by atoms with E-state index in [0.717, 1.165) is 23.5 Å². The average Bonchev–Trinajstić information content (AvgIpc) is 2.60. The van der Waals surface area contributed by atoms with Crippen LogP contribution in [-0.2, 0) is 6.42 Å². The summed E-state index contributed by atoms with van der Waals surface area (Å²) in [6, 6.07) is 14.3. The van der Waals surface area contributed by atoms with Crippen molar-refractivity contribution >= 4 is 34.7 Å². The highest BCUT2D eigenvalue weighted by molar-refractivity contribution is 6.42. The number of halogens is 2. The van der Waals surface area contributed by atoms with Crippen LogP contribution in [0.15, 0.2) is 47.5 Å². The fourth-order valence-electron chi connectivity index (χ4n) is 2.68. The normalized spacial score (nSPS) is 18.0. The Morgan fingerprint density at radius 2 is 1.86 bits per heavy atom. The Morgan fingerprint density at radius 3 is 2.62 bits per heavy atom. The van der Waals surface area contributed by atoms with Gasteiger partial charge < -0.3 is 4.90 Å². The predicted octanol–water partition coefficient (Wildman–Crippen LogP) is 5.27. The van der Waals surface area contributed by atoms with Gasteiger partial charge in [0.1, 0.15) is 5.84 Å². The minimum atomic E-state index is 0.201. The lowest BCUT2D eigenvalue weighted by molar-refractivity contribution is 0.374. The molecule has 0 aliphatic carbocycles. The molecule has 0 fully saturated rings. The Bertz CT molecular complexity index is 710. The van der Waals surface area contributed by atoms with E-state index >= 15 is 0 Å². The number of fused-ring (bicyclic) bond motifs is 1. The monoisotopic (exact) mass is 318 g/mol. The first kappa shape index (κ1) is 14.4. The van der Waals surface area contributed by atoms with Gasteiger partial charge in [-0.1, -0.05) is 47.5 Å². The summed E-state index contributed by atoms with van der Waals surface area (Å²) in [5.41, 5.74) is 3.44. The summed E-state index contributed by atoms with van der Waals surface area (Å²) < 4.78 is 0. The third-order valence-corrected chi connectivity index (χ3v) is 4.73. The van der Waals surface area contributed by atoms with Crippen LogP contribution >= 0.6 is 23.2 Å². The van der Waals surface area contributed by atoms with Crippen molar-refractivity contribution in [2.24, 2.45) is 4.99 Å². The zero-order valence-corrected chi connectivity index (χ0v) is 13.5. The number of amidine groups is 1. The number of para-hydroxylation sites is 1. The molecule has 0 N–H and O–H groups in total. The van der Waals surface area contributed by atoms with Crippen LogP contribution in [-0.4, -0.2) is 17.8 Å². The van der Waals surface area contributed by atoms with Gasteiger partial charge in [0.15, 0.2) is 0 Å². The van der Waals surface area contributed by atoms with Crippen LogP contribution in [0.5, 0.6) is 0 Å². The molecule has 21 heavy (non-hydrogen) atoms. The molecule has 1 unspecified atom stereocenters. The van der Waals surface area contributed by atoms with E-state index in [1.54, 1.807) is 0 Å². The van der Waals surface area contributed by atoms with Crippen molar-refractivity contribution in [2.75, 3.05) is 7.05 Å². The molecule has 1 aliphatic heterocycles. The molecule has 1 heterocycles. The molecule has 0 radical (unpaired) electrons. The van der Waals surface area contributed by atoms with Gasteiger partial charge in [0.2, 0.25) is 0 Å². The summed E-state index contributed by atoms with van der Waals surface area (Å²) in [5.74, 6) is 0.996. The minimum absolute atomic E-state index is 0.201. The maximum atomic E-state index is 6.18. The summed E-state index contributed by atoms with van der Waals surface area (Å²) in [4.78, 5) is 6.91. The molecule has 4 heteroatoms. The van der Waals surface area contributed by atoms with E-state index in [4.69, 9.17) is 28.2 Å². The second-order valence-corrected chi connectivity index (χ2v) is 6.11. The van der Waals surface area contributed by atoms with Crippen LogP contribution < -0.4 is 0 Å². The highest BCUT2D eigenvalue weighted by Gasteiger charge is 2.23. The smallest absolute Gasteiger partial charge is 0.102 e. The Balaban J connectivity index is 2.06. The molecule has 3 rings (SSSR count). The zero-order chi connectivity index (χ0) is 15.0. The van der Waals surface area contributed by atoms with Crippen molar-refractivity contribution in [3.8, 4) is 0 Å². The van der Waals surface area contributed by atoms with Crippen molar-refractivity contribution in [1.82, 2.24) is 4.90 Å². The molecule has 0 bridgehead atoms. The van der Waals surface area contributed by atoms with Crippen molar-refractivity contribution in [2.45, 2.75) is 19.4 Å². The van der Waals surface area contributed by atoms with Crippen LogP contribution in [0.3, 0.4) is 0 Å². The summed E-state index contributed by atoms with van der Waals surface area (Å²) in [6.45, 7) is 2.03. The summed E-state index contributed by atoms with van der Waals surface area (Å²) in [7, 11) is 2.07. The first-order valence-corrected chi connectivity index (χ1v) is 7.63. The molecular formula is C17H16Cl2N2. The van der Waals surface area contributed by atoms with Crippen LogP contribution in [0, 0.1) is 0 Å². The maximum absolute atomic E-state index is 6.18. The number of likely N-dealkylation sites (N-methyl/N-ethyl adjacent to an activating group) is 1. The molecule has 0 spiro atoms. The van der Waals surface area contributed by atoms with Gasteiger partial charge in [-0.25, -0.2) is 4.99 Å². The van der Waals surface area contributed by atoms with E-state index in [2.05, 4.69) is 30.1 Å². The van der Waals surface area contributed by atoms with Gasteiger partial charge in [0.05, 0.1) is 21.8 Å². The topological polar surface area (TPSA) is 15.6 Å². The zero-order valence-electron chi connectivity index (χ0n) is 12.0. The fraction of sp³-hybridized carbons (Fsp3) is 0.235. The standard InChI is InChI=1S/C17H16Cl2N2/c1-11-20-16-6-4-3-5-12(16)10-17(21(11)2)13-7-8-14(18)15(19)9-13/h3-9,17H,10H2,1-2H3. The van der Waals surface area contributed by atoms with E-state index in [9.17, 15) is 0 Å². The lowest BCUT2D eigenvalue weighted by Crippen LogP contribution is -2.29. The highest BCUT2D eigenvalue weighted by atomic mass is 35.5. The highest BCUT2D eigenvalue weighted by Crippen LogP contribution is 2.34. The van der Waals surface area contributed by atoms with Gasteiger partial charge in [-0.2, -0.15) is 0 Å². The van der Waals surface area contributed by atoms with Gasteiger partial charge in [-0.3, -0.25) is 0 Å². The first-order valence-electron chi connectivity index (χ1n) is 6.87. The molecule has 1 atom stereocenters. The SMILES string of the molecule is CC1=Nc2ccccc2CC(c2ccc(Cl)c(Cl)c2)N1C. The minimum Gasteiger partial charge on any atom is -0.356 e. The second-order valence-electron chi connectivity index (χ2n) is 5.29. The number of aliphatic imine (C=N–C) groups is 1. The van der Waals surface area contributed by atoms with E-state index in [-0.39, 0.29) is 6.04 Å². The molecule has 0 saturated carbocycles. The quantitative estimate of drug-likeness (QED) is 0.699. The first-order chi connectivity index (χ1) is 10.1. The molecule has 2 aromatic rings. The van der Waals surface area contributed by atoms with E-state index < -0.39 is 0 Å². The van der Waals surface area contributed by atoms with Crippen LogP contribution in [0.2, 0.25) is 10.0 Å². The second kappa shape index (κ2) is 5.70. The molecule has 0 amide bonds. The van der Waals surface area contributed by atoms with Crippen molar-refractivity contribution in [1.29, 1.82) is 0 Å². The molecule has 0 saturated heterocycles. The van der Waals surface area contributed by atoms with Crippen molar-refractivity contribution in [3.63, 3.8) is 0 Å². The van der Waals surface area contributed by atoms with E-state index in [1.807, 2.05) is 31.2 Å².